The van der Waals surface area contributed by atoms with Crippen LogP contribution in [0.5, 0.6) is 5.75 Å². The molecule has 3 rings (SSSR count). The van der Waals surface area contributed by atoms with Crippen LogP contribution in [0.4, 0.5) is 0 Å². The molecule has 1 unspecified atom stereocenters. The number of carbonyl (C=O) groups is 1. The Balaban J connectivity index is 1.85. The standard InChI is InChI=1S/C20H26ClN3O2/c1-13-18(14(2)23(5)22-13)17-10-7-11-24(17)19(25)20(3,4)26-16-9-6-8-15(21)12-16/h6,8-9,12,17H,7,10-11H2,1-5H3. The van der Waals surface area contributed by atoms with Crippen molar-refractivity contribution < 1.29 is 9.53 Å². The first-order valence-electron chi connectivity index (χ1n) is 8.96. The van der Waals surface area contributed by atoms with Gasteiger partial charge in [0.05, 0.1) is 11.7 Å². The van der Waals surface area contributed by atoms with Crippen molar-refractivity contribution in [1.29, 1.82) is 0 Å². The summed E-state index contributed by atoms with van der Waals surface area (Å²) in [6.45, 7) is 8.43. The topological polar surface area (TPSA) is 47.4 Å². The highest BCUT2D eigenvalue weighted by Crippen LogP contribution is 2.37. The van der Waals surface area contributed by atoms with Crippen LogP contribution >= 0.6 is 11.6 Å². The van der Waals surface area contributed by atoms with Gasteiger partial charge in [0.1, 0.15) is 5.75 Å². The molecule has 26 heavy (non-hydrogen) atoms. The van der Waals surface area contributed by atoms with Crippen molar-refractivity contribution >= 4 is 17.5 Å². The highest BCUT2D eigenvalue weighted by molar-refractivity contribution is 6.30. The molecular weight excluding hydrogens is 350 g/mol. The summed E-state index contributed by atoms with van der Waals surface area (Å²) in [4.78, 5) is 15.3. The minimum Gasteiger partial charge on any atom is -0.478 e. The molecule has 1 aromatic carbocycles. The van der Waals surface area contributed by atoms with Gasteiger partial charge >= 0.3 is 0 Å². The zero-order valence-corrected chi connectivity index (χ0v) is 16.8. The van der Waals surface area contributed by atoms with E-state index in [1.165, 1.54) is 0 Å². The number of rotatable bonds is 4. The number of aromatic nitrogens is 2. The van der Waals surface area contributed by atoms with Crippen LogP contribution in [-0.4, -0.2) is 32.7 Å². The summed E-state index contributed by atoms with van der Waals surface area (Å²) in [5.74, 6) is 0.586. The van der Waals surface area contributed by atoms with Crippen LogP contribution in [0.15, 0.2) is 24.3 Å². The van der Waals surface area contributed by atoms with Gasteiger partial charge in [-0.15, -0.1) is 0 Å². The Morgan fingerprint density at radius 1 is 1.35 bits per heavy atom. The molecule has 1 aromatic heterocycles. The van der Waals surface area contributed by atoms with Crippen LogP contribution in [0.1, 0.15) is 49.7 Å². The van der Waals surface area contributed by atoms with Crippen LogP contribution in [0, 0.1) is 13.8 Å². The first kappa shape index (κ1) is 18.8. The van der Waals surface area contributed by atoms with E-state index >= 15 is 0 Å². The third-order valence-electron chi connectivity index (χ3n) is 5.10. The summed E-state index contributed by atoms with van der Waals surface area (Å²) in [7, 11) is 1.94. The molecule has 1 aliphatic heterocycles. The summed E-state index contributed by atoms with van der Waals surface area (Å²) in [6.07, 6.45) is 1.93. The van der Waals surface area contributed by atoms with E-state index in [2.05, 4.69) is 12.0 Å². The van der Waals surface area contributed by atoms with Gasteiger partial charge in [0.15, 0.2) is 5.60 Å². The number of amides is 1. The molecule has 0 radical (unpaired) electrons. The SMILES string of the molecule is Cc1nn(C)c(C)c1C1CCCN1C(=O)C(C)(C)Oc1cccc(Cl)c1. The molecule has 0 saturated carbocycles. The molecule has 1 saturated heterocycles. The van der Waals surface area contributed by atoms with Crippen molar-refractivity contribution in [2.75, 3.05) is 6.54 Å². The Morgan fingerprint density at radius 3 is 2.69 bits per heavy atom. The quantitative estimate of drug-likeness (QED) is 0.804. The number of likely N-dealkylation sites (tertiary alicyclic amines) is 1. The van der Waals surface area contributed by atoms with Crippen LogP contribution in [0.25, 0.3) is 0 Å². The molecule has 1 atom stereocenters. The Bertz CT molecular complexity index is 828. The fourth-order valence-electron chi connectivity index (χ4n) is 3.80. The van der Waals surface area contributed by atoms with Gasteiger partial charge in [0, 0.05) is 29.9 Å². The van der Waals surface area contributed by atoms with Crippen molar-refractivity contribution in [2.45, 2.75) is 52.2 Å². The maximum absolute atomic E-state index is 13.3. The molecular formula is C20H26ClN3O2. The molecule has 2 aromatic rings. The lowest BCUT2D eigenvalue weighted by molar-refractivity contribution is -0.146. The fourth-order valence-corrected chi connectivity index (χ4v) is 3.98. The summed E-state index contributed by atoms with van der Waals surface area (Å²) >= 11 is 6.04. The lowest BCUT2D eigenvalue weighted by atomic mass is 10.0. The van der Waals surface area contributed by atoms with Gasteiger partial charge in [-0.05, 0) is 58.7 Å². The fraction of sp³-hybridized carbons (Fsp3) is 0.500. The highest BCUT2D eigenvalue weighted by Gasteiger charge is 2.41. The number of benzene rings is 1. The average Bonchev–Trinajstić information content (AvgIpc) is 3.11. The second-order valence-corrected chi connectivity index (χ2v) is 7.87. The highest BCUT2D eigenvalue weighted by atomic mass is 35.5. The third-order valence-corrected chi connectivity index (χ3v) is 5.33. The summed E-state index contributed by atoms with van der Waals surface area (Å²) in [5, 5.41) is 5.11. The van der Waals surface area contributed by atoms with Gasteiger partial charge in [-0.2, -0.15) is 5.10 Å². The first-order chi connectivity index (χ1) is 12.2. The zero-order chi connectivity index (χ0) is 19.1. The molecule has 1 aliphatic rings. The molecule has 0 spiro atoms. The van der Waals surface area contributed by atoms with E-state index < -0.39 is 5.60 Å². The largest absolute Gasteiger partial charge is 0.478 e. The van der Waals surface area contributed by atoms with Gasteiger partial charge in [-0.25, -0.2) is 0 Å². The van der Waals surface area contributed by atoms with E-state index in [1.807, 2.05) is 49.5 Å². The Hall–Kier alpha value is -2.01. The van der Waals surface area contributed by atoms with E-state index in [1.54, 1.807) is 12.1 Å². The minimum absolute atomic E-state index is 0.0115. The monoisotopic (exact) mass is 375 g/mol. The second kappa shape index (κ2) is 6.95. The molecule has 140 valence electrons. The third kappa shape index (κ3) is 3.45. The lowest BCUT2D eigenvalue weighted by Crippen LogP contribution is -2.48. The molecule has 6 heteroatoms. The van der Waals surface area contributed by atoms with E-state index in [-0.39, 0.29) is 11.9 Å². The van der Waals surface area contributed by atoms with E-state index in [0.29, 0.717) is 10.8 Å². The lowest BCUT2D eigenvalue weighted by Gasteiger charge is -2.33. The number of hydrogen-bond donors (Lipinski definition) is 0. The maximum atomic E-state index is 13.3. The summed E-state index contributed by atoms with van der Waals surface area (Å²) in [5.41, 5.74) is 2.29. The first-order valence-corrected chi connectivity index (χ1v) is 9.34. The number of aryl methyl sites for hydroxylation is 2. The van der Waals surface area contributed by atoms with Crippen molar-refractivity contribution in [3.8, 4) is 5.75 Å². The molecule has 0 N–H and O–H groups in total. The zero-order valence-electron chi connectivity index (χ0n) is 16.0. The molecule has 5 nitrogen and oxygen atoms in total. The van der Waals surface area contributed by atoms with Crippen LogP contribution in [-0.2, 0) is 11.8 Å². The van der Waals surface area contributed by atoms with Crippen LogP contribution < -0.4 is 4.74 Å². The number of halogens is 1. The van der Waals surface area contributed by atoms with Crippen LogP contribution in [0.2, 0.25) is 5.02 Å². The number of nitrogens with zero attached hydrogens (tertiary/aromatic N) is 3. The number of carbonyl (C=O) groups excluding carboxylic acids is 1. The number of hydrogen-bond acceptors (Lipinski definition) is 3. The smallest absolute Gasteiger partial charge is 0.266 e. The van der Waals surface area contributed by atoms with Gasteiger partial charge < -0.3 is 9.64 Å². The average molecular weight is 376 g/mol. The maximum Gasteiger partial charge on any atom is 0.266 e. The van der Waals surface area contributed by atoms with Gasteiger partial charge in [0.25, 0.3) is 5.91 Å². The summed E-state index contributed by atoms with van der Waals surface area (Å²) < 4.78 is 7.90. The van der Waals surface area contributed by atoms with Crippen molar-refractivity contribution in [1.82, 2.24) is 14.7 Å². The molecule has 0 aliphatic carbocycles. The van der Waals surface area contributed by atoms with Gasteiger partial charge in [0.2, 0.25) is 0 Å². The second-order valence-electron chi connectivity index (χ2n) is 7.43. The Labute approximate surface area is 159 Å². The van der Waals surface area contributed by atoms with Crippen molar-refractivity contribution in [2.24, 2.45) is 7.05 Å². The predicted molar refractivity (Wildman–Crippen MR) is 103 cm³/mol. The molecule has 2 heterocycles. The molecule has 1 fully saturated rings. The van der Waals surface area contributed by atoms with Crippen LogP contribution in [0.3, 0.4) is 0 Å². The Morgan fingerprint density at radius 2 is 2.08 bits per heavy atom. The van der Waals surface area contributed by atoms with Crippen molar-refractivity contribution in [3.05, 3.63) is 46.2 Å². The van der Waals surface area contributed by atoms with E-state index in [4.69, 9.17) is 16.3 Å². The van der Waals surface area contributed by atoms with Gasteiger partial charge in [-0.1, -0.05) is 17.7 Å². The minimum atomic E-state index is -0.975. The van der Waals surface area contributed by atoms with E-state index in [0.717, 1.165) is 36.3 Å². The molecule has 1 amide bonds. The normalized spacial score (nSPS) is 17.6. The van der Waals surface area contributed by atoms with Gasteiger partial charge in [-0.3, -0.25) is 9.48 Å². The summed E-state index contributed by atoms with van der Waals surface area (Å²) in [6, 6.07) is 7.21. The predicted octanol–water partition coefficient (Wildman–Crippen LogP) is 4.21. The number of ether oxygens (including phenoxy) is 1. The molecule has 0 bridgehead atoms. The van der Waals surface area contributed by atoms with Crippen molar-refractivity contribution in [3.63, 3.8) is 0 Å². The van der Waals surface area contributed by atoms with E-state index in [9.17, 15) is 4.79 Å². The Kier molecular flexibility index (Phi) is 5.02.